The molecule has 3 rings (SSSR count). The minimum Gasteiger partial charge on any atom is -0.409 e. The zero-order valence-electron chi connectivity index (χ0n) is 13.0. The predicted molar refractivity (Wildman–Crippen MR) is 95.4 cm³/mol. The molecule has 0 spiro atoms. The van der Waals surface area contributed by atoms with Crippen LogP contribution >= 0.6 is 11.6 Å². The number of nitrogens with zero attached hydrogens (tertiary/aromatic N) is 1. The molecular formula is C19H21ClN2O. The number of rotatable bonds is 4. The number of halogens is 1. The van der Waals surface area contributed by atoms with Crippen LogP contribution in [0.3, 0.4) is 0 Å². The molecule has 0 bridgehead atoms. The van der Waals surface area contributed by atoms with Gasteiger partial charge in [0.1, 0.15) is 5.84 Å². The molecule has 2 N–H and O–H groups in total. The summed E-state index contributed by atoms with van der Waals surface area (Å²) in [5, 5.41) is 16.6. The van der Waals surface area contributed by atoms with E-state index in [4.69, 9.17) is 11.6 Å². The lowest BCUT2D eigenvalue weighted by molar-refractivity contribution is 0.316. The summed E-state index contributed by atoms with van der Waals surface area (Å²) in [6, 6.07) is 18.1. The van der Waals surface area contributed by atoms with Crippen LogP contribution in [0.2, 0.25) is 5.02 Å². The Balaban J connectivity index is 1.58. The Kier molecular flexibility index (Phi) is 5.19. The Morgan fingerprint density at radius 1 is 1.13 bits per heavy atom. The number of benzene rings is 2. The molecule has 4 heteroatoms. The molecule has 0 aromatic heterocycles. The number of hydrogen-bond donors (Lipinski definition) is 2. The zero-order valence-corrected chi connectivity index (χ0v) is 13.7. The van der Waals surface area contributed by atoms with Crippen molar-refractivity contribution in [1.29, 1.82) is 0 Å². The highest BCUT2D eigenvalue weighted by Gasteiger charge is 2.27. The van der Waals surface area contributed by atoms with E-state index >= 15 is 0 Å². The van der Waals surface area contributed by atoms with Gasteiger partial charge in [0, 0.05) is 17.1 Å². The van der Waals surface area contributed by atoms with Crippen molar-refractivity contribution >= 4 is 23.1 Å². The molecule has 120 valence electrons. The molecule has 1 aliphatic carbocycles. The van der Waals surface area contributed by atoms with Crippen molar-refractivity contribution in [3.8, 4) is 0 Å². The SMILES string of the molecule is O/N=C(/CC1CCC(c2ccccc2)C1)Nc1cccc(Cl)c1. The third kappa shape index (κ3) is 4.26. The van der Waals surface area contributed by atoms with Crippen molar-refractivity contribution in [3.05, 3.63) is 65.2 Å². The standard InChI is InChI=1S/C19H21ClN2O/c20-17-7-4-8-18(13-17)21-19(22-23)12-14-9-10-16(11-14)15-5-2-1-3-6-15/h1-8,13-14,16,23H,9-12H2,(H,21,22). The van der Waals surface area contributed by atoms with E-state index in [1.54, 1.807) is 0 Å². The van der Waals surface area contributed by atoms with Gasteiger partial charge in [0.15, 0.2) is 0 Å². The first-order valence-electron chi connectivity index (χ1n) is 8.03. The fourth-order valence-corrected chi connectivity index (χ4v) is 3.60. The van der Waals surface area contributed by atoms with Crippen molar-refractivity contribution in [2.45, 2.75) is 31.6 Å². The molecule has 3 nitrogen and oxygen atoms in total. The Morgan fingerprint density at radius 2 is 1.96 bits per heavy atom. The summed E-state index contributed by atoms with van der Waals surface area (Å²) < 4.78 is 0. The van der Waals surface area contributed by atoms with E-state index in [1.807, 2.05) is 24.3 Å². The van der Waals surface area contributed by atoms with Crippen LogP contribution in [0.4, 0.5) is 5.69 Å². The first-order valence-corrected chi connectivity index (χ1v) is 8.41. The molecule has 0 heterocycles. The van der Waals surface area contributed by atoms with Crippen LogP contribution in [0.5, 0.6) is 0 Å². The Morgan fingerprint density at radius 3 is 2.70 bits per heavy atom. The second-order valence-electron chi connectivity index (χ2n) is 6.17. The van der Waals surface area contributed by atoms with Crippen LogP contribution in [0.15, 0.2) is 59.8 Å². The summed E-state index contributed by atoms with van der Waals surface area (Å²) in [6.45, 7) is 0. The van der Waals surface area contributed by atoms with Gasteiger partial charge in [0.05, 0.1) is 0 Å². The number of nitrogens with one attached hydrogen (secondary N) is 1. The molecule has 0 saturated heterocycles. The highest BCUT2D eigenvalue weighted by Crippen LogP contribution is 2.39. The number of amidine groups is 1. The van der Waals surface area contributed by atoms with Crippen LogP contribution in [0.25, 0.3) is 0 Å². The largest absolute Gasteiger partial charge is 0.409 e. The van der Waals surface area contributed by atoms with E-state index in [-0.39, 0.29) is 0 Å². The molecule has 0 radical (unpaired) electrons. The predicted octanol–water partition coefficient (Wildman–Crippen LogP) is 5.51. The molecule has 2 atom stereocenters. The van der Waals surface area contributed by atoms with E-state index < -0.39 is 0 Å². The van der Waals surface area contributed by atoms with Gasteiger partial charge in [0.2, 0.25) is 0 Å². The Bertz CT molecular complexity index is 672. The quantitative estimate of drug-likeness (QED) is 0.336. The highest BCUT2D eigenvalue weighted by molar-refractivity contribution is 6.30. The van der Waals surface area contributed by atoms with E-state index in [9.17, 15) is 5.21 Å². The molecule has 1 fully saturated rings. The van der Waals surface area contributed by atoms with Crippen LogP contribution < -0.4 is 5.32 Å². The summed E-state index contributed by atoms with van der Waals surface area (Å²) in [5.41, 5.74) is 2.27. The van der Waals surface area contributed by atoms with Crippen molar-refractivity contribution in [2.24, 2.45) is 11.1 Å². The second kappa shape index (κ2) is 7.51. The second-order valence-corrected chi connectivity index (χ2v) is 6.61. The van der Waals surface area contributed by atoms with E-state index in [0.29, 0.717) is 22.7 Å². The summed E-state index contributed by atoms with van der Waals surface area (Å²) in [6.07, 6.45) is 4.26. The summed E-state index contributed by atoms with van der Waals surface area (Å²) >= 11 is 5.99. The van der Waals surface area contributed by atoms with Crippen LogP contribution in [-0.2, 0) is 0 Å². The van der Waals surface area contributed by atoms with Crippen LogP contribution in [0, 0.1) is 5.92 Å². The molecule has 2 aromatic rings. The summed E-state index contributed by atoms with van der Waals surface area (Å²) in [7, 11) is 0. The van der Waals surface area contributed by atoms with Gasteiger partial charge < -0.3 is 10.5 Å². The minimum absolute atomic E-state index is 0.540. The average molecular weight is 329 g/mol. The summed E-state index contributed by atoms with van der Waals surface area (Å²) in [4.78, 5) is 0. The van der Waals surface area contributed by atoms with Gasteiger partial charge >= 0.3 is 0 Å². The van der Waals surface area contributed by atoms with E-state index in [0.717, 1.165) is 24.9 Å². The molecule has 1 aliphatic rings. The van der Waals surface area contributed by atoms with E-state index in [2.05, 4.69) is 40.8 Å². The topological polar surface area (TPSA) is 44.6 Å². The number of anilines is 1. The molecular weight excluding hydrogens is 308 g/mol. The molecule has 0 aliphatic heterocycles. The fraction of sp³-hybridized carbons (Fsp3) is 0.316. The first-order chi connectivity index (χ1) is 11.2. The van der Waals surface area contributed by atoms with Gasteiger partial charge in [-0.05, 0) is 54.9 Å². The van der Waals surface area contributed by atoms with Crippen LogP contribution in [0.1, 0.15) is 37.2 Å². The minimum atomic E-state index is 0.540. The third-order valence-corrected chi connectivity index (χ3v) is 4.76. The zero-order chi connectivity index (χ0) is 16.1. The van der Waals surface area contributed by atoms with Crippen molar-refractivity contribution in [1.82, 2.24) is 0 Å². The van der Waals surface area contributed by atoms with Gasteiger partial charge in [-0.25, -0.2) is 0 Å². The molecule has 2 unspecified atom stereocenters. The smallest absolute Gasteiger partial charge is 0.146 e. The van der Waals surface area contributed by atoms with Crippen molar-refractivity contribution in [2.75, 3.05) is 5.32 Å². The van der Waals surface area contributed by atoms with Crippen LogP contribution in [-0.4, -0.2) is 11.0 Å². The van der Waals surface area contributed by atoms with Gasteiger partial charge in [-0.3, -0.25) is 0 Å². The maximum absolute atomic E-state index is 9.29. The number of oxime groups is 1. The lowest BCUT2D eigenvalue weighted by Gasteiger charge is -2.14. The maximum atomic E-state index is 9.29. The normalized spacial score (nSPS) is 21.3. The first kappa shape index (κ1) is 15.9. The molecule has 2 aromatic carbocycles. The average Bonchev–Trinajstić information content (AvgIpc) is 3.04. The third-order valence-electron chi connectivity index (χ3n) is 4.53. The lowest BCUT2D eigenvalue weighted by Crippen LogP contribution is -2.16. The van der Waals surface area contributed by atoms with Gasteiger partial charge in [-0.2, -0.15) is 0 Å². The highest BCUT2D eigenvalue weighted by atomic mass is 35.5. The number of hydrogen-bond acceptors (Lipinski definition) is 2. The molecule has 23 heavy (non-hydrogen) atoms. The summed E-state index contributed by atoms with van der Waals surface area (Å²) in [5.74, 6) is 1.76. The molecule has 1 saturated carbocycles. The Hall–Kier alpha value is -2.00. The van der Waals surface area contributed by atoms with Crippen molar-refractivity contribution < 1.29 is 5.21 Å². The monoisotopic (exact) mass is 328 g/mol. The van der Waals surface area contributed by atoms with Gasteiger partial charge in [-0.15, -0.1) is 0 Å². The van der Waals surface area contributed by atoms with Crippen molar-refractivity contribution in [3.63, 3.8) is 0 Å². The van der Waals surface area contributed by atoms with Gasteiger partial charge in [0.25, 0.3) is 0 Å². The lowest BCUT2D eigenvalue weighted by atomic mass is 9.95. The fourth-order valence-electron chi connectivity index (χ4n) is 3.41. The van der Waals surface area contributed by atoms with E-state index in [1.165, 1.54) is 12.0 Å². The molecule has 0 amide bonds. The maximum Gasteiger partial charge on any atom is 0.146 e. The Labute approximate surface area is 142 Å². The van der Waals surface area contributed by atoms with Gasteiger partial charge in [-0.1, -0.05) is 53.2 Å².